The van der Waals surface area contributed by atoms with Gasteiger partial charge in [-0.3, -0.25) is 14.0 Å². The molecule has 222 valence electrons. The summed E-state index contributed by atoms with van der Waals surface area (Å²) in [6.07, 6.45) is 3.83. The lowest BCUT2D eigenvalue weighted by Crippen LogP contribution is -2.47. The van der Waals surface area contributed by atoms with Crippen LogP contribution in [0.2, 0.25) is 0 Å². The van der Waals surface area contributed by atoms with Crippen LogP contribution in [0.3, 0.4) is 0 Å². The minimum atomic E-state index is -0.0718. The molecule has 12 nitrogen and oxygen atoms in total. The topological polar surface area (TPSA) is 125 Å². The lowest BCUT2D eigenvalue weighted by Gasteiger charge is -2.36. The molecule has 0 unspecified atom stereocenters. The maximum atomic E-state index is 13.8. The second-order valence-electron chi connectivity index (χ2n) is 10.5. The largest absolute Gasteiger partial charge is 0.494 e. The van der Waals surface area contributed by atoms with Crippen molar-refractivity contribution >= 4 is 28.4 Å². The molecule has 1 saturated carbocycles. The number of imidazole rings is 1. The summed E-state index contributed by atoms with van der Waals surface area (Å²) in [5, 5.41) is 4.52. The van der Waals surface area contributed by atoms with Crippen LogP contribution in [0.15, 0.2) is 51.9 Å². The summed E-state index contributed by atoms with van der Waals surface area (Å²) in [5.41, 5.74) is 9.22. The van der Waals surface area contributed by atoms with Gasteiger partial charge in [-0.25, -0.2) is 9.78 Å². The minimum absolute atomic E-state index is 0.0718. The molecule has 4 aromatic heterocycles. The summed E-state index contributed by atoms with van der Waals surface area (Å²) in [5.74, 6) is 2.53. The maximum Gasteiger partial charge on any atom is 0.330 e. The van der Waals surface area contributed by atoms with E-state index in [1.54, 1.807) is 23.0 Å². The van der Waals surface area contributed by atoms with E-state index < -0.39 is 0 Å². The van der Waals surface area contributed by atoms with Crippen LogP contribution in [-0.2, 0) is 13.1 Å². The number of hydrogen-bond acceptors (Lipinski definition) is 9. The Balaban J connectivity index is 0.00000155. The van der Waals surface area contributed by atoms with Gasteiger partial charge in [0, 0.05) is 51.5 Å². The Hall–Kier alpha value is -4.32. The smallest absolute Gasteiger partial charge is 0.330 e. The van der Waals surface area contributed by atoms with Gasteiger partial charge in [0.25, 0.3) is 0 Å². The number of hydrogen-bond donors (Lipinski definition) is 1. The number of benzene rings is 1. The summed E-state index contributed by atoms with van der Waals surface area (Å²) in [4.78, 5) is 27.9. The maximum absolute atomic E-state index is 13.8. The molecule has 1 aliphatic heterocycles. The summed E-state index contributed by atoms with van der Waals surface area (Å²) in [6, 6.07) is 11.9. The van der Waals surface area contributed by atoms with E-state index in [1.165, 1.54) is 10.2 Å². The van der Waals surface area contributed by atoms with Crippen molar-refractivity contribution in [1.29, 1.82) is 0 Å². The average Bonchev–Trinajstić information content (AvgIpc) is 3.37. The van der Waals surface area contributed by atoms with Gasteiger partial charge in [0.15, 0.2) is 17.1 Å². The van der Waals surface area contributed by atoms with Crippen molar-refractivity contribution in [2.75, 3.05) is 50.0 Å². The first-order chi connectivity index (χ1) is 20.6. The van der Waals surface area contributed by atoms with Gasteiger partial charge < -0.3 is 19.8 Å². The van der Waals surface area contributed by atoms with Crippen LogP contribution < -0.4 is 21.1 Å². The number of fused-ring (bicyclic) bond motifs is 3. The first kappa shape index (κ1) is 27.8. The molecule has 2 N–H and O–H groups in total. The molecule has 12 heteroatoms. The predicted molar refractivity (Wildman–Crippen MR) is 163 cm³/mol. The molecule has 1 saturated heterocycles. The average molecular weight is 574 g/mol. The molecule has 2 aliphatic rings. The van der Waals surface area contributed by atoms with Crippen LogP contribution >= 0.6 is 0 Å². The van der Waals surface area contributed by atoms with E-state index in [0.717, 1.165) is 51.3 Å². The van der Waals surface area contributed by atoms with Gasteiger partial charge in [-0.05, 0) is 62.1 Å². The molecule has 7 rings (SSSR count). The molecule has 1 aromatic carbocycles. The van der Waals surface area contributed by atoms with Crippen LogP contribution in [0.4, 0.5) is 11.6 Å². The summed E-state index contributed by atoms with van der Waals surface area (Å²) < 4.78 is 16.2. The van der Waals surface area contributed by atoms with Gasteiger partial charge in [0.1, 0.15) is 11.3 Å². The second-order valence-corrected chi connectivity index (χ2v) is 10.5. The molecule has 0 radical (unpaired) electrons. The fourth-order valence-corrected chi connectivity index (χ4v) is 5.53. The molecule has 0 atom stereocenters. The Bertz CT molecular complexity index is 1690. The highest BCUT2D eigenvalue weighted by Crippen LogP contribution is 2.32. The molecule has 5 heterocycles. The number of rotatable bonds is 9. The van der Waals surface area contributed by atoms with E-state index >= 15 is 0 Å². The quantitative estimate of drug-likeness (QED) is 0.281. The fraction of sp³-hybridized carbons (Fsp3) is 0.467. The van der Waals surface area contributed by atoms with Crippen molar-refractivity contribution in [3.63, 3.8) is 0 Å². The van der Waals surface area contributed by atoms with Crippen molar-refractivity contribution in [2.24, 2.45) is 5.92 Å². The number of anilines is 2. The Morgan fingerprint density at radius 2 is 1.74 bits per heavy atom. The first-order valence-corrected chi connectivity index (χ1v) is 15.0. The number of furan rings is 1. The predicted octanol–water partition coefficient (Wildman–Crippen LogP) is 3.74. The Morgan fingerprint density at radius 1 is 0.976 bits per heavy atom. The molecular weight excluding hydrogens is 534 g/mol. The van der Waals surface area contributed by atoms with Gasteiger partial charge in [-0.1, -0.05) is 13.8 Å². The molecule has 0 amide bonds. The molecular formula is C30H39N9O3. The highest BCUT2D eigenvalue weighted by atomic mass is 16.5. The number of piperazine rings is 1. The van der Waals surface area contributed by atoms with E-state index in [1.807, 2.05) is 37.5 Å². The van der Waals surface area contributed by atoms with E-state index in [0.29, 0.717) is 54.0 Å². The molecule has 2 fully saturated rings. The van der Waals surface area contributed by atoms with Crippen LogP contribution in [-0.4, -0.2) is 72.9 Å². The Kier molecular flexibility index (Phi) is 7.88. The molecule has 0 spiro atoms. The van der Waals surface area contributed by atoms with E-state index in [4.69, 9.17) is 19.9 Å². The summed E-state index contributed by atoms with van der Waals surface area (Å²) >= 11 is 0. The van der Waals surface area contributed by atoms with Crippen LogP contribution in [0.25, 0.3) is 28.4 Å². The third kappa shape index (κ3) is 5.34. The fourth-order valence-electron chi connectivity index (χ4n) is 5.53. The lowest BCUT2D eigenvalue weighted by molar-refractivity contribution is 0.247. The molecule has 5 aromatic rings. The SMILES string of the molecule is CC.CCOc1ccc(N2CCN(CCn3c(=O)n(CC4CC4)c4c3nc(N)n3nc(-c5ccco5)nc43)CC2)cc1. The van der Waals surface area contributed by atoms with Gasteiger partial charge >= 0.3 is 5.69 Å². The Morgan fingerprint density at radius 3 is 2.40 bits per heavy atom. The second kappa shape index (κ2) is 11.9. The van der Waals surface area contributed by atoms with Gasteiger partial charge in [0.2, 0.25) is 11.8 Å². The zero-order chi connectivity index (χ0) is 29.2. The minimum Gasteiger partial charge on any atom is -0.494 e. The summed E-state index contributed by atoms with van der Waals surface area (Å²) in [6.45, 7) is 12.3. The lowest BCUT2D eigenvalue weighted by atomic mass is 10.2. The monoisotopic (exact) mass is 573 g/mol. The van der Waals surface area contributed by atoms with Gasteiger partial charge in [-0.15, -0.1) is 5.10 Å². The number of nitrogen functional groups attached to an aromatic ring is 1. The van der Waals surface area contributed by atoms with E-state index in [2.05, 4.69) is 32.0 Å². The van der Waals surface area contributed by atoms with Crippen LogP contribution in [0, 0.1) is 5.92 Å². The van der Waals surface area contributed by atoms with E-state index in [9.17, 15) is 4.79 Å². The number of aromatic nitrogens is 6. The third-order valence-electron chi connectivity index (χ3n) is 7.86. The summed E-state index contributed by atoms with van der Waals surface area (Å²) in [7, 11) is 0. The Labute approximate surface area is 244 Å². The van der Waals surface area contributed by atoms with Crippen molar-refractivity contribution in [3.8, 4) is 17.3 Å². The van der Waals surface area contributed by atoms with E-state index in [-0.39, 0.29) is 11.6 Å². The zero-order valence-electron chi connectivity index (χ0n) is 24.6. The van der Waals surface area contributed by atoms with Crippen molar-refractivity contribution < 1.29 is 9.15 Å². The molecule has 0 bridgehead atoms. The number of nitrogens with zero attached hydrogens (tertiary/aromatic N) is 8. The van der Waals surface area contributed by atoms with Crippen molar-refractivity contribution in [1.82, 2.24) is 33.6 Å². The molecule has 42 heavy (non-hydrogen) atoms. The van der Waals surface area contributed by atoms with Crippen molar-refractivity contribution in [3.05, 3.63) is 53.1 Å². The third-order valence-corrected chi connectivity index (χ3v) is 7.86. The van der Waals surface area contributed by atoms with Crippen LogP contribution in [0.5, 0.6) is 5.75 Å². The van der Waals surface area contributed by atoms with Gasteiger partial charge in [0.05, 0.1) is 12.9 Å². The zero-order valence-corrected chi connectivity index (χ0v) is 24.6. The number of nitrogens with two attached hydrogens (primary N) is 1. The molecule has 1 aliphatic carbocycles. The number of ether oxygens (including phenoxy) is 1. The first-order valence-electron chi connectivity index (χ1n) is 15.0. The van der Waals surface area contributed by atoms with Crippen molar-refractivity contribution in [2.45, 2.75) is 46.7 Å². The standard InChI is InChI=1S/C28H33N9O3.C2H6/c1-2-39-21-9-7-20(8-10-21)34-14-11-33(12-15-34)13-16-35-25-23(36(28(35)38)18-19-5-6-19)26-30-24(22-4-3-17-40-22)32-37(26)27(29)31-25;1-2/h3-4,7-10,17,19H,2,5-6,11-16,18H2,1H3,(H2,29,31);1-2H3. The normalized spacial score (nSPS) is 15.7. The van der Waals surface area contributed by atoms with Gasteiger partial charge in [-0.2, -0.15) is 9.50 Å². The highest BCUT2D eigenvalue weighted by Gasteiger charge is 2.28. The van der Waals surface area contributed by atoms with Crippen LogP contribution in [0.1, 0.15) is 33.6 Å². The highest BCUT2D eigenvalue weighted by molar-refractivity contribution is 5.88.